The predicted octanol–water partition coefficient (Wildman–Crippen LogP) is 1.44. The molecule has 2 aliphatic rings. The molecule has 1 aromatic carbocycles. The van der Waals surface area contributed by atoms with Crippen LogP contribution < -0.4 is 10.2 Å². The third-order valence-electron chi connectivity index (χ3n) is 5.94. The fraction of sp³-hybridized carbons (Fsp3) is 0.667. The summed E-state index contributed by atoms with van der Waals surface area (Å²) in [6.07, 6.45) is 3.39. The Bertz CT molecular complexity index is 806. The van der Waals surface area contributed by atoms with E-state index < -0.39 is 16.1 Å². The number of piperazine rings is 1. The van der Waals surface area contributed by atoms with Crippen LogP contribution in [-0.4, -0.2) is 81.1 Å². The first-order valence-corrected chi connectivity index (χ1v) is 12.4. The molecule has 29 heavy (non-hydrogen) atoms. The molecule has 2 unspecified atom stereocenters. The van der Waals surface area contributed by atoms with Crippen molar-refractivity contribution < 1.29 is 13.2 Å². The van der Waals surface area contributed by atoms with Gasteiger partial charge in [0.2, 0.25) is 15.9 Å². The van der Waals surface area contributed by atoms with Gasteiger partial charge in [0.25, 0.3) is 0 Å². The number of sulfonamides is 1. The van der Waals surface area contributed by atoms with Gasteiger partial charge < -0.3 is 10.2 Å². The first-order valence-electron chi connectivity index (χ1n) is 10.6. The first kappa shape index (κ1) is 22.1. The Labute approximate surface area is 175 Å². The predicted molar refractivity (Wildman–Crippen MR) is 117 cm³/mol. The minimum atomic E-state index is -3.33. The molecule has 7 nitrogen and oxygen atoms in total. The zero-order valence-corrected chi connectivity index (χ0v) is 18.6. The molecule has 2 fully saturated rings. The van der Waals surface area contributed by atoms with E-state index in [4.69, 9.17) is 0 Å². The van der Waals surface area contributed by atoms with Crippen molar-refractivity contribution in [2.75, 3.05) is 50.4 Å². The smallest absolute Gasteiger partial charge is 0.238 e. The molecule has 1 amide bonds. The van der Waals surface area contributed by atoms with Crippen LogP contribution in [0.2, 0.25) is 0 Å². The van der Waals surface area contributed by atoms with Gasteiger partial charge in [-0.2, -0.15) is 4.31 Å². The van der Waals surface area contributed by atoms with Gasteiger partial charge >= 0.3 is 0 Å². The van der Waals surface area contributed by atoms with Crippen LogP contribution in [0.5, 0.6) is 0 Å². The van der Waals surface area contributed by atoms with E-state index in [0.29, 0.717) is 13.0 Å². The van der Waals surface area contributed by atoms with Crippen LogP contribution in [0.15, 0.2) is 24.3 Å². The van der Waals surface area contributed by atoms with Crippen molar-refractivity contribution in [2.45, 2.75) is 45.2 Å². The zero-order chi connectivity index (χ0) is 21.0. The molecule has 2 heterocycles. The number of anilines is 1. The lowest BCUT2D eigenvalue weighted by atomic mass is 10.1. The van der Waals surface area contributed by atoms with Crippen LogP contribution in [0.25, 0.3) is 0 Å². The molecule has 0 spiro atoms. The van der Waals surface area contributed by atoms with Crippen molar-refractivity contribution in [1.82, 2.24) is 14.5 Å². The SMILES string of the molecule is Cc1cccc(N2CCN(CCC(C)NC(=O)C3CCCN3S(C)(=O)=O)CC2)c1. The first-order chi connectivity index (χ1) is 13.7. The van der Waals surface area contributed by atoms with Crippen molar-refractivity contribution >= 4 is 21.6 Å². The molecule has 0 bridgehead atoms. The quantitative estimate of drug-likeness (QED) is 0.720. The Morgan fingerprint density at radius 3 is 2.59 bits per heavy atom. The summed E-state index contributed by atoms with van der Waals surface area (Å²) in [7, 11) is -3.33. The van der Waals surface area contributed by atoms with Gasteiger partial charge in [-0.25, -0.2) is 8.42 Å². The van der Waals surface area contributed by atoms with E-state index in [1.54, 1.807) is 0 Å². The number of hydrogen-bond donors (Lipinski definition) is 1. The van der Waals surface area contributed by atoms with E-state index in [9.17, 15) is 13.2 Å². The molecule has 162 valence electrons. The molecular formula is C21H34N4O3S. The van der Waals surface area contributed by atoms with Gasteiger partial charge in [-0.15, -0.1) is 0 Å². The topological polar surface area (TPSA) is 73.0 Å². The van der Waals surface area contributed by atoms with Gasteiger partial charge in [0.15, 0.2) is 0 Å². The van der Waals surface area contributed by atoms with Crippen LogP contribution in [0, 0.1) is 6.92 Å². The highest BCUT2D eigenvalue weighted by atomic mass is 32.2. The summed E-state index contributed by atoms with van der Waals surface area (Å²) in [6.45, 7) is 9.54. The molecule has 0 aromatic heterocycles. The Balaban J connectivity index is 1.41. The monoisotopic (exact) mass is 422 g/mol. The summed E-state index contributed by atoms with van der Waals surface area (Å²) in [6, 6.07) is 8.11. The van der Waals surface area contributed by atoms with Crippen molar-refractivity contribution in [3.8, 4) is 0 Å². The molecule has 1 aromatic rings. The number of hydrogen-bond acceptors (Lipinski definition) is 5. The minimum absolute atomic E-state index is 0.0271. The van der Waals surface area contributed by atoms with Crippen LogP contribution in [-0.2, 0) is 14.8 Å². The van der Waals surface area contributed by atoms with Crippen LogP contribution in [0.4, 0.5) is 5.69 Å². The van der Waals surface area contributed by atoms with Gasteiger partial charge in [-0.05, 0) is 50.8 Å². The molecule has 0 radical (unpaired) electrons. The highest BCUT2D eigenvalue weighted by Gasteiger charge is 2.36. The molecule has 2 aliphatic heterocycles. The molecule has 0 saturated carbocycles. The molecule has 1 N–H and O–H groups in total. The average molecular weight is 423 g/mol. The zero-order valence-electron chi connectivity index (χ0n) is 17.8. The maximum absolute atomic E-state index is 12.6. The third kappa shape index (κ3) is 5.93. The van der Waals surface area contributed by atoms with E-state index >= 15 is 0 Å². The van der Waals surface area contributed by atoms with Crippen molar-refractivity contribution in [2.24, 2.45) is 0 Å². The van der Waals surface area contributed by atoms with E-state index in [-0.39, 0.29) is 11.9 Å². The number of carbonyl (C=O) groups is 1. The number of rotatable bonds is 7. The van der Waals surface area contributed by atoms with Gasteiger partial charge in [0.1, 0.15) is 6.04 Å². The minimum Gasteiger partial charge on any atom is -0.369 e. The van der Waals surface area contributed by atoms with Gasteiger partial charge in [0.05, 0.1) is 6.26 Å². The summed E-state index contributed by atoms with van der Waals surface area (Å²) in [4.78, 5) is 17.4. The summed E-state index contributed by atoms with van der Waals surface area (Å²) in [5.74, 6) is -0.162. The van der Waals surface area contributed by atoms with Gasteiger partial charge in [0, 0.05) is 51.0 Å². The molecule has 8 heteroatoms. The van der Waals surface area contributed by atoms with Gasteiger partial charge in [-0.3, -0.25) is 9.69 Å². The van der Waals surface area contributed by atoms with E-state index in [1.165, 1.54) is 21.8 Å². The Kier molecular flexibility index (Phi) is 7.19. The molecule has 3 rings (SSSR count). The number of nitrogens with zero attached hydrogens (tertiary/aromatic N) is 3. The highest BCUT2D eigenvalue weighted by molar-refractivity contribution is 7.88. The third-order valence-corrected chi connectivity index (χ3v) is 7.23. The van der Waals surface area contributed by atoms with E-state index in [1.807, 2.05) is 6.92 Å². The average Bonchev–Trinajstić information content (AvgIpc) is 3.17. The molecule has 2 saturated heterocycles. The maximum atomic E-state index is 12.6. The van der Waals surface area contributed by atoms with Gasteiger partial charge in [-0.1, -0.05) is 12.1 Å². The fourth-order valence-electron chi connectivity index (χ4n) is 4.24. The second-order valence-electron chi connectivity index (χ2n) is 8.40. The van der Waals surface area contributed by atoms with Crippen molar-refractivity contribution in [1.29, 1.82) is 0 Å². The summed E-state index contributed by atoms with van der Waals surface area (Å²) in [5, 5.41) is 3.02. The Morgan fingerprint density at radius 2 is 1.93 bits per heavy atom. The lowest BCUT2D eigenvalue weighted by molar-refractivity contribution is -0.124. The lowest BCUT2D eigenvalue weighted by Crippen LogP contribution is -2.50. The Hall–Kier alpha value is -1.64. The highest BCUT2D eigenvalue weighted by Crippen LogP contribution is 2.21. The number of carbonyl (C=O) groups excluding carboxylic acids is 1. The van der Waals surface area contributed by atoms with Crippen LogP contribution >= 0.6 is 0 Å². The van der Waals surface area contributed by atoms with E-state index in [2.05, 4.69) is 46.3 Å². The molecular weight excluding hydrogens is 388 g/mol. The second kappa shape index (κ2) is 9.45. The van der Waals surface area contributed by atoms with Crippen LogP contribution in [0.3, 0.4) is 0 Å². The van der Waals surface area contributed by atoms with Crippen LogP contribution in [0.1, 0.15) is 31.7 Å². The standard InChI is InChI=1S/C21H34N4O3S/c1-17-6-4-7-19(16-17)24-14-12-23(13-15-24)11-9-18(2)22-21(26)20-8-5-10-25(20)29(3,27)28/h4,6-7,16,18,20H,5,8-15H2,1-3H3,(H,22,26). The number of benzene rings is 1. The summed E-state index contributed by atoms with van der Waals surface area (Å²) >= 11 is 0. The molecule has 0 aliphatic carbocycles. The van der Waals surface area contributed by atoms with Crippen molar-refractivity contribution in [3.05, 3.63) is 29.8 Å². The number of aryl methyl sites for hydroxylation is 1. The number of nitrogens with one attached hydrogen (secondary N) is 1. The fourth-order valence-corrected chi connectivity index (χ4v) is 5.37. The molecule has 2 atom stereocenters. The number of amides is 1. The Morgan fingerprint density at radius 1 is 1.21 bits per heavy atom. The lowest BCUT2D eigenvalue weighted by Gasteiger charge is -2.36. The van der Waals surface area contributed by atoms with E-state index in [0.717, 1.165) is 45.6 Å². The normalized spacial score (nSPS) is 22.6. The second-order valence-corrected chi connectivity index (χ2v) is 10.3. The maximum Gasteiger partial charge on any atom is 0.238 e. The summed E-state index contributed by atoms with van der Waals surface area (Å²) in [5.41, 5.74) is 2.57. The van der Waals surface area contributed by atoms with Crippen molar-refractivity contribution in [3.63, 3.8) is 0 Å². The largest absolute Gasteiger partial charge is 0.369 e. The summed E-state index contributed by atoms with van der Waals surface area (Å²) < 4.78 is 25.0.